The average Bonchev–Trinajstić information content (AvgIpc) is 3.20. The van der Waals surface area contributed by atoms with E-state index in [1.807, 2.05) is 72.2 Å². The maximum atomic E-state index is 12.8. The average molecular weight is 408 g/mol. The maximum Gasteiger partial charge on any atom is 0.255 e. The van der Waals surface area contributed by atoms with Crippen molar-refractivity contribution in [3.05, 3.63) is 102 Å². The number of nitrogens with one attached hydrogen (secondary N) is 1. The highest BCUT2D eigenvalue weighted by Gasteiger charge is 2.10. The highest BCUT2D eigenvalue weighted by Crippen LogP contribution is 2.22. The lowest BCUT2D eigenvalue weighted by Crippen LogP contribution is -2.12. The monoisotopic (exact) mass is 408 g/mol. The van der Waals surface area contributed by atoms with Crippen LogP contribution in [0.25, 0.3) is 16.6 Å². The Morgan fingerprint density at radius 2 is 1.90 bits per heavy atom. The molecule has 152 valence electrons. The quantitative estimate of drug-likeness (QED) is 0.443. The Morgan fingerprint density at radius 3 is 2.84 bits per heavy atom. The standard InChI is InChI=1S/C25H20N4O2/c1-17-10-11-23-27-20(15-29(23)14-17)16-31-21-8-2-6-19(13-21)25(30)28-22-9-3-5-18-7-4-12-26-24(18)22/h2-15H,16H2,1H3,(H,28,30). The zero-order valence-electron chi connectivity index (χ0n) is 16.9. The third-order valence-corrected chi connectivity index (χ3v) is 5.01. The molecule has 2 aromatic carbocycles. The Labute approximate surface area is 179 Å². The molecule has 5 aromatic rings. The number of pyridine rings is 2. The molecule has 0 aliphatic rings. The fourth-order valence-corrected chi connectivity index (χ4v) is 3.51. The second-order valence-corrected chi connectivity index (χ2v) is 7.36. The van der Waals surface area contributed by atoms with Gasteiger partial charge in [-0.15, -0.1) is 0 Å². The molecule has 0 radical (unpaired) electrons. The van der Waals surface area contributed by atoms with Crippen LogP contribution in [0, 0.1) is 6.92 Å². The lowest BCUT2D eigenvalue weighted by Gasteiger charge is -2.09. The number of ether oxygens (including phenoxy) is 1. The van der Waals surface area contributed by atoms with Crippen molar-refractivity contribution in [2.24, 2.45) is 0 Å². The molecule has 0 aliphatic carbocycles. The Morgan fingerprint density at radius 1 is 1.03 bits per heavy atom. The molecule has 0 saturated carbocycles. The van der Waals surface area contributed by atoms with E-state index >= 15 is 0 Å². The predicted octanol–water partition coefficient (Wildman–Crippen LogP) is 5.02. The normalized spacial score (nSPS) is 11.0. The number of hydrogen-bond acceptors (Lipinski definition) is 4. The molecule has 0 unspecified atom stereocenters. The highest BCUT2D eigenvalue weighted by atomic mass is 16.5. The fraction of sp³-hybridized carbons (Fsp3) is 0.0800. The van der Waals surface area contributed by atoms with Gasteiger partial charge in [0.05, 0.1) is 16.9 Å². The minimum atomic E-state index is -0.216. The number of aromatic nitrogens is 3. The molecule has 0 saturated heterocycles. The number of imidazole rings is 1. The largest absolute Gasteiger partial charge is 0.487 e. The molecular formula is C25H20N4O2. The third-order valence-electron chi connectivity index (χ3n) is 5.01. The van der Waals surface area contributed by atoms with Crippen molar-refractivity contribution in [1.82, 2.24) is 14.4 Å². The summed E-state index contributed by atoms with van der Waals surface area (Å²) in [7, 11) is 0. The lowest BCUT2D eigenvalue weighted by atomic mass is 10.1. The zero-order valence-corrected chi connectivity index (χ0v) is 16.9. The number of aryl methyl sites for hydroxylation is 1. The smallest absolute Gasteiger partial charge is 0.255 e. The van der Waals surface area contributed by atoms with Gasteiger partial charge in [-0.1, -0.05) is 30.3 Å². The highest BCUT2D eigenvalue weighted by molar-refractivity contribution is 6.08. The van der Waals surface area contributed by atoms with Gasteiger partial charge in [0.2, 0.25) is 0 Å². The first kappa shape index (κ1) is 18.8. The first-order valence-electron chi connectivity index (χ1n) is 9.98. The van der Waals surface area contributed by atoms with E-state index in [1.165, 1.54) is 0 Å². The molecule has 0 aliphatic heterocycles. The minimum absolute atomic E-state index is 0.216. The number of benzene rings is 2. The molecule has 31 heavy (non-hydrogen) atoms. The van der Waals surface area contributed by atoms with Gasteiger partial charge in [0.15, 0.2) is 0 Å². The van der Waals surface area contributed by atoms with Gasteiger partial charge in [-0.05, 0) is 48.9 Å². The fourth-order valence-electron chi connectivity index (χ4n) is 3.51. The molecule has 6 heteroatoms. The van der Waals surface area contributed by atoms with Crippen molar-refractivity contribution in [2.45, 2.75) is 13.5 Å². The van der Waals surface area contributed by atoms with E-state index in [0.29, 0.717) is 23.6 Å². The molecule has 5 rings (SSSR count). The minimum Gasteiger partial charge on any atom is -0.487 e. The van der Waals surface area contributed by atoms with Crippen LogP contribution in [0.3, 0.4) is 0 Å². The summed E-state index contributed by atoms with van der Waals surface area (Å²) in [6, 6.07) is 20.7. The summed E-state index contributed by atoms with van der Waals surface area (Å²) in [4.78, 5) is 21.8. The van der Waals surface area contributed by atoms with Gasteiger partial charge in [-0.2, -0.15) is 0 Å². The molecular weight excluding hydrogens is 388 g/mol. The van der Waals surface area contributed by atoms with Crippen molar-refractivity contribution in [2.75, 3.05) is 5.32 Å². The van der Waals surface area contributed by atoms with Crippen LogP contribution >= 0.6 is 0 Å². The lowest BCUT2D eigenvalue weighted by molar-refractivity contribution is 0.102. The van der Waals surface area contributed by atoms with Crippen LogP contribution in [0.15, 0.2) is 85.3 Å². The van der Waals surface area contributed by atoms with Crippen molar-refractivity contribution in [3.63, 3.8) is 0 Å². The van der Waals surface area contributed by atoms with Gasteiger partial charge >= 0.3 is 0 Å². The number of carbonyl (C=O) groups excluding carboxylic acids is 1. The second-order valence-electron chi connectivity index (χ2n) is 7.36. The molecule has 6 nitrogen and oxygen atoms in total. The number of nitrogens with zero attached hydrogens (tertiary/aromatic N) is 3. The molecule has 3 aromatic heterocycles. The van der Waals surface area contributed by atoms with Crippen LogP contribution in [0.1, 0.15) is 21.6 Å². The summed E-state index contributed by atoms with van der Waals surface area (Å²) < 4.78 is 7.88. The summed E-state index contributed by atoms with van der Waals surface area (Å²) in [6.07, 6.45) is 5.69. The molecule has 0 fully saturated rings. The van der Waals surface area contributed by atoms with E-state index in [4.69, 9.17) is 4.74 Å². The van der Waals surface area contributed by atoms with Crippen LogP contribution in [-0.4, -0.2) is 20.3 Å². The van der Waals surface area contributed by atoms with Crippen LogP contribution in [0.5, 0.6) is 5.75 Å². The van der Waals surface area contributed by atoms with Crippen LogP contribution in [0.4, 0.5) is 5.69 Å². The van der Waals surface area contributed by atoms with E-state index in [9.17, 15) is 4.79 Å². The topological polar surface area (TPSA) is 68.5 Å². The van der Waals surface area contributed by atoms with E-state index in [1.54, 1.807) is 24.4 Å². The summed E-state index contributed by atoms with van der Waals surface area (Å²) in [5, 5.41) is 3.92. The van der Waals surface area contributed by atoms with E-state index in [-0.39, 0.29) is 5.91 Å². The molecule has 1 N–H and O–H groups in total. The van der Waals surface area contributed by atoms with E-state index < -0.39 is 0 Å². The summed E-state index contributed by atoms with van der Waals surface area (Å²) >= 11 is 0. The zero-order chi connectivity index (χ0) is 21.2. The van der Waals surface area contributed by atoms with E-state index in [0.717, 1.165) is 27.8 Å². The third kappa shape index (κ3) is 3.96. The number of rotatable bonds is 5. The maximum absolute atomic E-state index is 12.8. The van der Waals surface area contributed by atoms with Gasteiger partial charge in [0.1, 0.15) is 18.0 Å². The SMILES string of the molecule is Cc1ccc2nc(COc3cccc(C(=O)Nc4cccc5cccnc45)c3)cn2c1. The van der Waals surface area contributed by atoms with Gasteiger partial charge in [0.25, 0.3) is 5.91 Å². The van der Waals surface area contributed by atoms with Gasteiger partial charge < -0.3 is 14.5 Å². The molecule has 0 bridgehead atoms. The molecule has 0 atom stereocenters. The Balaban J connectivity index is 1.31. The van der Waals surface area contributed by atoms with Crippen molar-refractivity contribution < 1.29 is 9.53 Å². The predicted molar refractivity (Wildman–Crippen MR) is 120 cm³/mol. The van der Waals surface area contributed by atoms with Gasteiger partial charge in [-0.3, -0.25) is 9.78 Å². The number of fused-ring (bicyclic) bond motifs is 2. The van der Waals surface area contributed by atoms with E-state index in [2.05, 4.69) is 15.3 Å². The number of hydrogen-bond donors (Lipinski definition) is 1. The van der Waals surface area contributed by atoms with Crippen molar-refractivity contribution >= 4 is 28.1 Å². The van der Waals surface area contributed by atoms with Crippen LogP contribution < -0.4 is 10.1 Å². The number of para-hydroxylation sites is 1. The van der Waals surface area contributed by atoms with Gasteiger partial charge in [-0.25, -0.2) is 4.98 Å². The number of amides is 1. The summed E-state index contributed by atoms with van der Waals surface area (Å²) in [6.45, 7) is 2.36. The Kier molecular flexibility index (Phi) is 4.80. The summed E-state index contributed by atoms with van der Waals surface area (Å²) in [5.41, 5.74) is 4.80. The molecule has 3 heterocycles. The number of carbonyl (C=O) groups is 1. The van der Waals surface area contributed by atoms with Crippen LogP contribution in [-0.2, 0) is 6.61 Å². The number of anilines is 1. The van der Waals surface area contributed by atoms with Crippen LogP contribution in [0.2, 0.25) is 0 Å². The first-order chi connectivity index (χ1) is 15.2. The van der Waals surface area contributed by atoms with Gasteiger partial charge in [0, 0.05) is 29.5 Å². The Bertz CT molecular complexity index is 1400. The molecule has 0 spiro atoms. The van der Waals surface area contributed by atoms with Crippen molar-refractivity contribution in [3.8, 4) is 5.75 Å². The first-order valence-corrected chi connectivity index (χ1v) is 9.98. The van der Waals surface area contributed by atoms with Crippen molar-refractivity contribution in [1.29, 1.82) is 0 Å². The summed E-state index contributed by atoms with van der Waals surface area (Å²) in [5.74, 6) is 0.392. The Hall–Kier alpha value is -4.19. The second kappa shape index (κ2) is 7.91. The molecule has 1 amide bonds.